The number of anilines is 1. The van der Waals surface area contributed by atoms with Crippen molar-refractivity contribution in [2.75, 3.05) is 12.4 Å². The SMILES string of the molecule is COc1cccc(C(=O)Nc2nc(Cl)ccc2[N+](=O)[O-])c1. The minimum atomic E-state index is -0.648. The smallest absolute Gasteiger partial charge is 0.311 e. The van der Waals surface area contributed by atoms with Crippen LogP contribution in [0.3, 0.4) is 0 Å². The fourth-order valence-corrected chi connectivity index (χ4v) is 1.76. The Morgan fingerprint density at radius 1 is 1.38 bits per heavy atom. The number of halogens is 1. The monoisotopic (exact) mass is 307 g/mol. The molecule has 1 aromatic heterocycles. The Labute approximate surface area is 124 Å². The van der Waals surface area contributed by atoms with Gasteiger partial charge < -0.3 is 10.1 Å². The molecule has 21 heavy (non-hydrogen) atoms. The quantitative estimate of drug-likeness (QED) is 0.532. The van der Waals surface area contributed by atoms with Gasteiger partial charge in [0.2, 0.25) is 5.82 Å². The van der Waals surface area contributed by atoms with Crippen LogP contribution in [0.15, 0.2) is 36.4 Å². The number of rotatable bonds is 4. The lowest BCUT2D eigenvalue weighted by Gasteiger charge is -2.06. The highest BCUT2D eigenvalue weighted by Crippen LogP contribution is 2.24. The molecule has 2 rings (SSSR count). The summed E-state index contributed by atoms with van der Waals surface area (Å²) in [7, 11) is 1.47. The van der Waals surface area contributed by atoms with Crippen molar-refractivity contribution in [3.05, 3.63) is 57.2 Å². The third-order valence-electron chi connectivity index (χ3n) is 2.60. The number of benzene rings is 1. The Balaban J connectivity index is 2.30. The van der Waals surface area contributed by atoms with Crippen molar-refractivity contribution in [2.24, 2.45) is 0 Å². The Morgan fingerprint density at radius 3 is 2.81 bits per heavy atom. The molecule has 0 atom stereocenters. The van der Waals surface area contributed by atoms with E-state index >= 15 is 0 Å². The number of nitrogens with zero attached hydrogens (tertiary/aromatic N) is 2. The first-order valence-electron chi connectivity index (χ1n) is 5.77. The second-order valence-corrected chi connectivity index (χ2v) is 4.33. The second kappa shape index (κ2) is 6.19. The molecule has 0 saturated carbocycles. The molecular weight excluding hydrogens is 298 g/mol. The van der Waals surface area contributed by atoms with Crippen molar-refractivity contribution in [1.82, 2.24) is 4.98 Å². The number of nitro groups is 1. The number of pyridine rings is 1. The number of carbonyl (C=O) groups is 1. The van der Waals surface area contributed by atoms with E-state index in [1.54, 1.807) is 18.2 Å². The van der Waals surface area contributed by atoms with E-state index in [4.69, 9.17) is 16.3 Å². The zero-order chi connectivity index (χ0) is 15.4. The van der Waals surface area contributed by atoms with Gasteiger partial charge in [0.1, 0.15) is 10.9 Å². The molecule has 0 aliphatic rings. The van der Waals surface area contributed by atoms with Gasteiger partial charge in [-0.25, -0.2) is 4.98 Å². The van der Waals surface area contributed by atoms with Crippen LogP contribution in [0.4, 0.5) is 11.5 Å². The molecule has 0 saturated heterocycles. The van der Waals surface area contributed by atoms with Crippen molar-refractivity contribution in [3.63, 3.8) is 0 Å². The Kier molecular flexibility index (Phi) is 4.34. The molecule has 7 nitrogen and oxygen atoms in total. The third-order valence-corrected chi connectivity index (χ3v) is 2.81. The molecule has 0 spiro atoms. The van der Waals surface area contributed by atoms with Crippen LogP contribution in [-0.4, -0.2) is 22.9 Å². The minimum absolute atomic E-state index is 0.0431. The second-order valence-electron chi connectivity index (χ2n) is 3.94. The number of carbonyl (C=O) groups excluding carboxylic acids is 1. The molecule has 1 amide bonds. The van der Waals surface area contributed by atoms with Gasteiger partial charge in [-0.05, 0) is 24.3 Å². The summed E-state index contributed by atoms with van der Waals surface area (Å²) >= 11 is 5.69. The first-order valence-corrected chi connectivity index (χ1v) is 6.15. The van der Waals surface area contributed by atoms with E-state index in [9.17, 15) is 14.9 Å². The fourth-order valence-electron chi connectivity index (χ4n) is 1.61. The summed E-state index contributed by atoms with van der Waals surface area (Å²) in [5.41, 5.74) is -0.0546. The van der Waals surface area contributed by atoms with Gasteiger partial charge in [-0.2, -0.15) is 0 Å². The number of nitrogens with one attached hydrogen (secondary N) is 1. The molecule has 1 aromatic carbocycles. The Hall–Kier alpha value is -2.67. The molecule has 0 aliphatic carbocycles. The first kappa shape index (κ1) is 14.7. The number of ether oxygens (including phenoxy) is 1. The predicted octanol–water partition coefficient (Wildman–Crippen LogP) is 2.90. The van der Waals surface area contributed by atoms with Crippen LogP contribution in [0.5, 0.6) is 5.75 Å². The van der Waals surface area contributed by atoms with Gasteiger partial charge in [0.05, 0.1) is 12.0 Å². The summed E-state index contributed by atoms with van der Waals surface area (Å²) in [6, 6.07) is 8.82. The Morgan fingerprint density at radius 2 is 2.14 bits per heavy atom. The van der Waals surface area contributed by atoms with Crippen LogP contribution in [0.1, 0.15) is 10.4 Å². The van der Waals surface area contributed by atoms with Crippen LogP contribution in [0.25, 0.3) is 0 Å². The highest BCUT2D eigenvalue weighted by atomic mass is 35.5. The van der Waals surface area contributed by atoms with E-state index in [1.165, 1.54) is 25.3 Å². The van der Waals surface area contributed by atoms with Crippen molar-refractivity contribution in [1.29, 1.82) is 0 Å². The zero-order valence-corrected chi connectivity index (χ0v) is 11.6. The van der Waals surface area contributed by atoms with Gasteiger partial charge in [-0.3, -0.25) is 14.9 Å². The predicted molar refractivity (Wildman–Crippen MR) is 76.8 cm³/mol. The van der Waals surface area contributed by atoms with E-state index in [0.717, 1.165) is 0 Å². The topological polar surface area (TPSA) is 94.4 Å². The van der Waals surface area contributed by atoms with Crippen LogP contribution in [0, 0.1) is 10.1 Å². The average molecular weight is 308 g/mol. The third kappa shape index (κ3) is 3.46. The van der Waals surface area contributed by atoms with Gasteiger partial charge in [-0.15, -0.1) is 0 Å². The maximum atomic E-state index is 12.1. The van der Waals surface area contributed by atoms with Crippen molar-refractivity contribution >= 4 is 29.0 Å². The number of hydrogen-bond acceptors (Lipinski definition) is 5. The number of methoxy groups -OCH3 is 1. The van der Waals surface area contributed by atoms with Gasteiger partial charge in [0.25, 0.3) is 5.91 Å². The molecule has 0 radical (unpaired) electrons. The molecule has 0 fully saturated rings. The summed E-state index contributed by atoms with van der Waals surface area (Å²) < 4.78 is 5.01. The average Bonchev–Trinajstić information content (AvgIpc) is 2.47. The minimum Gasteiger partial charge on any atom is -0.497 e. The number of amides is 1. The maximum Gasteiger partial charge on any atom is 0.311 e. The van der Waals surface area contributed by atoms with Crippen LogP contribution >= 0.6 is 11.6 Å². The van der Waals surface area contributed by atoms with E-state index < -0.39 is 10.8 Å². The molecule has 1 heterocycles. The molecule has 0 unspecified atom stereocenters. The summed E-state index contributed by atoms with van der Waals surface area (Å²) in [5.74, 6) is -0.261. The van der Waals surface area contributed by atoms with Gasteiger partial charge >= 0.3 is 5.69 Å². The van der Waals surface area contributed by atoms with Crippen LogP contribution in [0.2, 0.25) is 5.15 Å². The zero-order valence-electron chi connectivity index (χ0n) is 10.9. The maximum absolute atomic E-state index is 12.1. The highest BCUT2D eigenvalue weighted by molar-refractivity contribution is 6.29. The molecule has 0 aliphatic heterocycles. The van der Waals surface area contributed by atoms with E-state index in [1.807, 2.05) is 0 Å². The van der Waals surface area contributed by atoms with E-state index in [2.05, 4.69) is 10.3 Å². The lowest BCUT2D eigenvalue weighted by atomic mass is 10.2. The largest absolute Gasteiger partial charge is 0.497 e. The molecule has 1 N–H and O–H groups in total. The first-order chi connectivity index (χ1) is 10.0. The molecule has 0 bridgehead atoms. The summed E-state index contributed by atoms with van der Waals surface area (Å²) in [5, 5.41) is 13.3. The van der Waals surface area contributed by atoms with Crippen molar-refractivity contribution < 1.29 is 14.5 Å². The lowest BCUT2D eigenvalue weighted by molar-refractivity contribution is -0.384. The Bertz CT molecular complexity index is 706. The normalized spacial score (nSPS) is 10.0. The van der Waals surface area contributed by atoms with E-state index in [-0.39, 0.29) is 22.2 Å². The van der Waals surface area contributed by atoms with Crippen LogP contribution < -0.4 is 10.1 Å². The van der Waals surface area contributed by atoms with Gasteiger partial charge in [0.15, 0.2) is 0 Å². The highest BCUT2D eigenvalue weighted by Gasteiger charge is 2.18. The summed E-state index contributed by atoms with van der Waals surface area (Å²) in [6.07, 6.45) is 0. The molecule has 2 aromatic rings. The van der Waals surface area contributed by atoms with Crippen LogP contribution in [-0.2, 0) is 0 Å². The van der Waals surface area contributed by atoms with Gasteiger partial charge in [0, 0.05) is 11.6 Å². The number of hydrogen-bond donors (Lipinski definition) is 1. The van der Waals surface area contributed by atoms with Crippen molar-refractivity contribution in [3.8, 4) is 5.75 Å². The summed E-state index contributed by atoms with van der Waals surface area (Å²) in [4.78, 5) is 26.1. The summed E-state index contributed by atoms with van der Waals surface area (Å²) in [6.45, 7) is 0. The van der Waals surface area contributed by atoms with Gasteiger partial charge in [-0.1, -0.05) is 17.7 Å². The molecular formula is C13H10ClN3O4. The molecule has 108 valence electrons. The number of aromatic nitrogens is 1. The van der Waals surface area contributed by atoms with Crippen molar-refractivity contribution in [2.45, 2.75) is 0 Å². The van der Waals surface area contributed by atoms with E-state index in [0.29, 0.717) is 5.75 Å². The standard InChI is InChI=1S/C13H10ClN3O4/c1-21-9-4-2-3-8(7-9)13(18)16-12-10(17(19)20)5-6-11(14)15-12/h2-7H,1H3,(H,15,16,18). The molecule has 8 heteroatoms. The fraction of sp³-hybridized carbons (Fsp3) is 0.0769. The lowest BCUT2D eigenvalue weighted by Crippen LogP contribution is -2.14.